The summed E-state index contributed by atoms with van der Waals surface area (Å²) in [6.45, 7) is 1.34. The Labute approximate surface area is 322 Å². The number of hydrogen-bond acceptors (Lipinski definition) is 8. The first-order valence-corrected chi connectivity index (χ1v) is 20.0. The van der Waals surface area contributed by atoms with E-state index in [1.54, 1.807) is 24.3 Å². The van der Waals surface area contributed by atoms with Crippen molar-refractivity contribution >= 4 is 91.1 Å². The van der Waals surface area contributed by atoms with Gasteiger partial charge in [0.25, 0.3) is 22.3 Å². The lowest BCUT2D eigenvalue weighted by Crippen LogP contribution is -2.17. The van der Waals surface area contributed by atoms with Gasteiger partial charge in [-0.05, 0) is 109 Å². The highest BCUT2D eigenvalue weighted by atomic mass is 35.5. The molecule has 276 valence electrons. The Kier molecular flexibility index (Phi) is 17.2. The summed E-state index contributed by atoms with van der Waals surface area (Å²) >= 11 is 14.4. The number of thioether (sulfide) groups is 2. The highest BCUT2D eigenvalue weighted by molar-refractivity contribution is 8.18. The van der Waals surface area contributed by atoms with Crippen LogP contribution in [-0.2, 0) is 9.59 Å². The van der Waals surface area contributed by atoms with E-state index in [-0.39, 0.29) is 32.2 Å². The molecule has 2 N–H and O–H groups in total. The molecule has 0 aromatic heterocycles. The van der Waals surface area contributed by atoms with E-state index in [2.05, 4.69) is 10.6 Å². The van der Waals surface area contributed by atoms with E-state index in [1.807, 2.05) is 24.3 Å². The molecule has 13 heteroatoms. The normalized spacial score (nSPS) is 19.7. The molecule has 2 aromatic carbocycles. The highest BCUT2D eigenvalue weighted by Crippen LogP contribution is 2.33. The zero-order valence-electron chi connectivity index (χ0n) is 28.8. The van der Waals surface area contributed by atoms with Gasteiger partial charge < -0.3 is 9.47 Å². The van der Waals surface area contributed by atoms with Gasteiger partial charge in [0, 0.05) is 0 Å². The topological polar surface area (TPSA) is 111 Å². The molecule has 2 heterocycles. The van der Waals surface area contributed by atoms with E-state index in [4.69, 9.17) is 32.7 Å². The number of amides is 4. The summed E-state index contributed by atoms with van der Waals surface area (Å²) in [5.41, 5.74) is 1.54. The summed E-state index contributed by atoms with van der Waals surface area (Å²) in [5, 5.41) is 4.80. The summed E-state index contributed by atoms with van der Waals surface area (Å²) in [5.74, 6) is 2.31. The van der Waals surface area contributed by atoms with E-state index in [0.717, 1.165) is 59.3 Å². The van der Waals surface area contributed by atoms with E-state index in [0.29, 0.717) is 44.6 Å². The molecule has 51 heavy (non-hydrogen) atoms. The van der Waals surface area contributed by atoms with Crippen LogP contribution < -0.4 is 20.1 Å². The number of imide groups is 2. The molecule has 1 unspecified atom stereocenters. The maximum atomic E-state index is 11.6. The summed E-state index contributed by atoms with van der Waals surface area (Å²) in [7, 11) is 0. The Bertz CT molecular complexity index is 1490. The summed E-state index contributed by atoms with van der Waals surface area (Å²) in [4.78, 5) is 46.2. The molecule has 2 aliphatic heterocycles. The predicted molar refractivity (Wildman–Crippen MR) is 215 cm³/mol. The Hall–Kier alpha value is -2.49. The average molecular weight is 794 g/mol. The minimum Gasteiger partial charge on any atom is -0.492 e. The zero-order chi connectivity index (χ0) is 35.3. The van der Waals surface area contributed by atoms with Crippen LogP contribution in [0.5, 0.6) is 11.5 Å². The second kappa shape index (κ2) is 21.3. The third-order valence-electron chi connectivity index (χ3n) is 9.27. The van der Waals surface area contributed by atoms with Gasteiger partial charge >= 0.3 is 0 Å². The average Bonchev–Trinajstić information content (AvgIpc) is 3.60. The van der Waals surface area contributed by atoms with E-state index in [1.165, 1.54) is 77.0 Å². The van der Waals surface area contributed by atoms with Gasteiger partial charge in [-0.3, -0.25) is 29.8 Å². The van der Waals surface area contributed by atoms with Gasteiger partial charge in [0.2, 0.25) is 0 Å². The molecule has 0 spiro atoms. The van der Waals surface area contributed by atoms with Crippen LogP contribution in [0, 0.1) is 11.8 Å². The van der Waals surface area contributed by atoms with Crippen LogP contribution in [0.1, 0.15) is 101 Å². The Morgan fingerprint density at radius 3 is 1.35 bits per heavy atom. The third-order valence-corrected chi connectivity index (χ3v) is 11.5. The van der Waals surface area contributed by atoms with Crippen molar-refractivity contribution in [1.82, 2.24) is 10.6 Å². The summed E-state index contributed by atoms with van der Waals surface area (Å²) in [6.07, 6.45) is 21.6. The smallest absolute Gasteiger partial charge is 0.290 e. The number of benzene rings is 2. The second-order valence-corrected chi connectivity index (χ2v) is 15.9. The number of rotatable bonds is 12. The molecule has 4 amide bonds. The molecule has 0 radical (unpaired) electrons. The Morgan fingerprint density at radius 1 is 0.627 bits per heavy atom. The largest absolute Gasteiger partial charge is 0.492 e. The molecule has 4 fully saturated rings. The lowest BCUT2D eigenvalue weighted by molar-refractivity contribution is -0.116. The maximum Gasteiger partial charge on any atom is 0.290 e. The van der Waals surface area contributed by atoms with Gasteiger partial charge in [-0.15, -0.1) is 0 Å². The second-order valence-electron chi connectivity index (χ2n) is 13.1. The van der Waals surface area contributed by atoms with Crippen molar-refractivity contribution in [2.75, 3.05) is 13.2 Å². The molecule has 2 saturated heterocycles. The van der Waals surface area contributed by atoms with Crippen molar-refractivity contribution in [1.29, 1.82) is 0 Å². The van der Waals surface area contributed by atoms with Gasteiger partial charge in [0.05, 0.1) is 33.1 Å². The zero-order valence-corrected chi connectivity index (χ0v) is 33.4. The lowest BCUT2D eigenvalue weighted by atomic mass is 9.86. The van der Waals surface area contributed by atoms with Crippen LogP contribution in [0.2, 0.25) is 10.0 Å². The van der Waals surface area contributed by atoms with Crippen LogP contribution in [-0.4, -0.2) is 35.5 Å². The molecule has 0 bridgehead atoms. The van der Waals surface area contributed by atoms with Crippen LogP contribution >= 0.6 is 56.6 Å². The number of halogens is 2. The molecule has 6 rings (SSSR count). The van der Waals surface area contributed by atoms with E-state index >= 15 is 0 Å². The van der Waals surface area contributed by atoms with Gasteiger partial charge in [-0.1, -0.05) is 99.5 Å². The standard InChI is InChI=1S/2C19H22ClNO3S.H3P/c2*20-15-11-14(12-17-18(22)21-19(23)25-17)8-9-16(15)24-10-4-7-13-5-2-1-3-6-13;/h2*8-9,11-13H,1-7,10H2,(H,21,22,23);1H3. The van der Waals surface area contributed by atoms with Crippen LogP contribution in [0.25, 0.3) is 12.2 Å². The monoisotopic (exact) mass is 792 g/mol. The number of carbonyl (C=O) groups excluding carboxylic acids is 4. The Morgan fingerprint density at radius 2 is 1.02 bits per heavy atom. The summed E-state index contributed by atoms with van der Waals surface area (Å²) < 4.78 is 11.6. The van der Waals surface area contributed by atoms with Crippen molar-refractivity contribution in [2.45, 2.75) is 89.9 Å². The molecule has 8 nitrogen and oxygen atoms in total. The van der Waals surface area contributed by atoms with Gasteiger partial charge in [-0.25, -0.2) is 0 Å². The van der Waals surface area contributed by atoms with E-state index < -0.39 is 0 Å². The quantitative estimate of drug-likeness (QED) is 0.124. The molecule has 2 saturated carbocycles. The molecular formula is C38H47Cl2N2O6PS2. The number of hydrogen-bond donors (Lipinski definition) is 2. The fraction of sp³-hybridized carbons (Fsp3) is 0.474. The van der Waals surface area contributed by atoms with Crippen molar-refractivity contribution in [3.63, 3.8) is 0 Å². The summed E-state index contributed by atoms with van der Waals surface area (Å²) in [6, 6.07) is 10.8. The van der Waals surface area contributed by atoms with Crippen LogP contribution in [0.15, 0.2) is 46.2 Å². The number of ether oxygens (including phenoxy) is 2. The van der Waals surface area contributed by atoms with Crippen LogP contribution in [0.3, 0.4) is 0 Å². The first-order valence-electron chi connectivity index (χ1n) is 17.6. The van der Waals surface area contributed by atoms with Gasteiger partial charge in [-0.2, -0.15) is 9.90 Å². The van der Waals surface area contributed by atoms with E-state index in [9.17, 15) is 19.2 Å². The fourth-order valence-electron chi connectivity index (χ4n) is 6.65. The maximum absolute atomic E-state index is 11.6. The predicted octanol–water partition coefficient (Wildman–Crippen LogP) is 10.9. The van der Waals surface area contributed by atoms with Crippen molar-refractivity contribution in [2.24, 2.45) is 11.8 Å². The number of nitrogens with one attached hydrogen (secondary N) is 2. The third kappa shape index (κ3) is 13.5. The lowest BCUT2D eigenvalue weighted by Gasteiger charge is -2.21. The first kappa shape index (κ1) is 41.3. The van der Waals surface area contributed by atoms with Gasteiger partial charge in [0.1, 0.15) is 11.5 Å². The molecule has 4 aliphatic rings. The Balaban J connectivity index is 0.000000224. The number of carbonyl (C=O) groups is 4. The van der Waals surface area contributed by atoms with Crippen molar-refractivity contribution < 1.29 is 28.7 Å². The minimum absolute atomic E-state index is 0. The van der Waals surface area contributed by atoms with Crippen LogP contribution in [0.4, 0.5) is 9.59 Å². The molecule has 2 aliphatic carbocycles. The minimum atomic E-state index is -0.367. The van der Waals surface area contributed by atoms with Crippen molar-refractivity contribution in [3.8, 4) is 11.5 Å². The molecule has 1 atom stereocenters. The SMILES string of the molecule is O=C1NC(=O)C(=Cc2ccc(OCCCC3CCCCC3)c(Cl)c2)S1.O=C1NC(=O)C(=Cc2ccc(OCCCC3CCCCC3)c(Cl)c2)S1.P. The van der Waals surface area contributed by atoms with Crippen molar-refractivity contribution in [3.05, 3.63) is 67.4 Å². The highest BCUT2D eigenvalue weighted by Gasteiger charge is 2.26. The molecule has 2 aromatic rings. The first-order chi connectivity index (χ1) is 24.2. The molecular weight excluding hydrogens is 746 g/mol. The fourth-order valence-corrected chi connectivity index (χ4v) is 8.50. The van der Waals surface area contributed by atoms with Gasteiger partial charge in [0.15, 0.2) is 0 Å².